The van der Waals surface area contributed by atoms with Gasteiger partial charge in [0.05, 0.1) is 5.69 Å². The van der Waals surface area contributed by atoms with Crippen molar-refractivity contribution >= 4 is 39.3 Å². The molecule has 2 amide bonds. The van der Waals surface area contributed by atoms with Crippen LogP contribution in [0.3, 0.4) is 0 Å². The lowest BCUT2D eigenvalue weighted by Crippen LogP contribution is -2.55. The molecule has 8 nitrogen and oxygen atoms in total. The smallest absolute Gasteiger partial charge is 0.304 e. The highest BCUT2D eigenvalue weighted by Gasteiger charge is 2.35. The van der Waals surface area contributed by atoms with Crippen LogP contribution in [0.15, 0.2) is 78.9 Å². The zero-order valence-electron chi connectivity index (χ0n) is 23.6. The van der Waals surface area contributed by atoms with Crippen molar-refractivity contribution in [3.05, 3.63) is 101 Å². The molecule has 0 spiro atoms. The number of amides is 2. The Morgan fingerprint density at radius 1 is 0.951 bits per heavy atom. The molecule has 0 saturated carbocycles. The number of carbonyl (C=O) groups is 2. The molecule has 41 heavy (non-hydrogen) atoms. The SMILES string of the molecule is CC[C@@H](C)NC(=O)[C@H](Cc1ccccc1)N(Cc1cccc(Cl)c1)C(=O)CN(c1ccccc1F)S(=O)(=O)N(C)C. The van der Waals surface area contributed by atoms with Crippen LogP contribution in [-0.2, 0) is 32.8 Å². The first-order chi connectivity index (χ1) is 19.4. The lowest BCUT2D eigenvalue weighted by Gasteiger charge is -2.35. The van der Waals surface area contributed by atoms with Crippen LogP contribution in [0.5, 0.6) is 0 Å². The Hall–Kier alpha value is -3.47. The Bertz CT molecular complexity index is 1440. The molecule has 3 aromatic rings. The molecule has 0 fully saturated rings. The third-order valence-electron chi connectivity index (χ3n) is 6.65. The summed E-state index contributed by atoms with van der Waals surface area (Å²) in [6.45, 7) is 3.04. The van der Waals surface area contributed by atoms with Crippen molar-refractivity contribution in [2.24, 2.45) is 0 Å². The molecular formula is C30H36ClFN4O4S. The predicted octanol–water partition coefficient (Wildman–Crippen LogP) is 4.65. The van der Waals surface area contributed by atoms with Crippen molar-refractivity contribution in [2.45, 2.75) is 45.3 Å². The van der Waals surface area contributed by atoms with Gasteiger partial charge in [-0.25, -0.2) is 8.70 Å². The van der Waals surface area contributed by atoms with E-state index in [0.29, 0.717) is 17.0 Å². The van der Waals surface area contributed by atoms with Crippen LogP contribution in [0.25, 0.3) is 0 Å². The summed E-state index contributed by atoms with van der Waals surface area (Å²) in [4.78, 5) is 29.2. The number of hydrogen-bond donors (Lipinski definition) is 1. The Kier molecular flexibility index (Phi) is 11.3. The number of anilines is 1. The minimum Gasteiger partial charge on any atom is -0.352 e. The van der Waals surface area contributed by atoms with Crippen LogP contribution < -0.4 is 9.62 Å². The highest BCUT2D eigenvalue weighted by molar-refractivity contribution is 7.90. The standard InChI is InChI=1S/C30H36ClFN4O4S/c1-5-22(2)33-30(38)28(19-23-12-7-6-8-13-23)35(20-24-14-11-15-25(31)18-24)29(37)21-36(41(39,40)34(3)4)27-17-10-9-16-26(27)32/h6-18,22,28H,5,19-21H2,1-4H3,(H,33,38)/t22-,28+/m1/s1. The summed E-state index contributed by atoms with van der Waals surface area (Å²) >= 11 is 6.23. The van der Waals surface area contributed by atoms with Gasteiger partial charge in [-0.2, -0.15) is 12.7 Å². The molecule has 11 heteroatoms. The summed E-state index contributed by atoms with van der Waals surface area (Å²) in [6.07, 6.45) is 0.851. The van der Waals surface area contributed by atoms with Gasteiger partial charge in [0.15, 0.2) is 0 Å². The Morgan fingerprint density at radius 2 is 1.59 bits per heavy atom. The maximum absolute atomic E-state index is 14.9. The van der Waals surface area contributed by atoms with E-state index in [-0.39, 0.29) is 30.6 Å². The fraction of sp³-hybridized carbons (Fsp3) is 0.333. The second kappa shape index (κ2) is 14.4. The van der Waals surface area contributed by atoms with E-state index in [2.05, 4.69) is 5.32 Å². The van der Waals surface area contributed by atoms with Gasteiger partial charge in [-0.1, -0.05) is 73.1 Å². The average Bonchev–Trinajstić information content (AvgIpc) is 2.94. The summed E-state index contributed by atoms with van der Waals surface area (Å²) in [5.74, 6) is -1.87. The maximum Gasteiger partial charge on any atom is 0.304 e. The summed E-state index contributed by atoms with van der Waals surface area (Å²) in [7, 11) is -1.69. The van der Waals surface area contributed by atoms with Crippen LogP contribution >= 0.6 is 11.6 Å². The average molecular weight is 603 g/mol. The lowest BCUT2D eigenvalue weighted by molar-refractivity contribution is -0.140. The Labute approximate surface area is 246 Å². The number of halogens is 2. The van der Waals surface area contributed by atoms with Gasteiger partial charge in [0.1, 0.15) is 18.4 Å². The molecule has 0 heterocycles. The van der Waals surface area contributed by atoms with E-state index in [1.165, 1.54) is 37.2 Å². The highest BCUT2D eigenvalue weighted by Crippen LogP contribution is 2.25. The van der Waals surface area contributed by atoms with Gasteiger partial charge < -0.3 is 10.2 Å². The van der Waals surface area contributed by atoms with Crippen molar-refractivity contribution in [3.8, 4) is 0 Å². The Morgan fingerprint density at radius 3 is 2.20 bits per heavy atom. The summed E-state index contributed by atoms with van der Waals surface area (Å²) in [5.41, 5.74) is 1.18. The molecular weight excluding hydrogens is 567 g/mol. The monoisotopic (exact) mass is 602 g/mol. The van der Waals surface area contributed by atoms with Gasteiger partial charge in [-0.05, 0) is 48.7 Å². The van der Waals surface area contributed by atoms with E-state index in [1.54, 1.807) is 24.3 Å². The highest BCUT2D eigenvalue weighted by atomic mass is 35.5. The summed E-state index contributed by atoms with van der Waals surface area (Å²) in [5, 5.41) is 3.41. The number of nitrogens with one attached hydrogen (secondary N) is 1. The number of hydrogen-bond acceptors (Lipinski definition) is 4. The molecule has 0 aliphatic carbocycles. The minimum atomic E-state index is -4.29. The van der Waals surface area contributed by atoms with Crippen LogP contribution in [-0.4, -0.2) is 62.2 Å². The van der Waals surface area contributed by atoms with Gasteiger partial charge in [0.2, 0.25) is 11.8 Å². The van der Waals surface area contributed by atoms with E-state index >= 15 is 0 Å². The fourth-order valence-electron chi connectivity index (χ4n) is 4.18. The number of para-hydroxylation sites is 1. The topological polar surface area (TPSA) is 90.0 Å². The molecule has 3 aromatic carbocycles. The second-order valence-corrected chi connectivity index (χ2v) is 12.4. The van der Waals surface area contributed by atoms with E-state index in [1.807, 2.05) is 44.2 Å². The summed E-state index contributed by atoms with van der Waals surface area (Å²) < 4.78 is 43.2. The van der Waals surface area contributed by atoms with Gasteiger partial charge in [0.25, 0.3) is 0 Å². The first-order valence-corrected chi connectivity index (χ1v) is 15.0. The summed E-state index contributed by atoms with van der Waals surface area (Å²) in [6, 6.07) is 20.3. The first kappa shape index (κ1) is 32.0. The van der Waals surface area contributed by atoms with Crippen molar-refractivity contribution in [1.82, 2.24) is 14.5 Å². The largest absolute Gasteiger partial charge is 0.352 e. The molecule has 0 aromatic heterocycles. The quantitative estimate of drug-likeness (QED) is 0.308. The van der Waals surface area contributed by atoms with Gasteiger partial charge in [0, 0.05) is 38.1 Å². The second-order valence-electron chi connectivity index (χ2n) is 9.92. The van der Waals surface area contributed by atoms with Crippen LogP contribution in [0.1, 0.15) is 31.4 Å². The van der Waals surface area contributed by atoms with E-state index in [9.17, 15) is 22.4 Å². The van der Waals surface area contributed by atoms with E-state index < -0.39 is 34.5 Å². The maximum atomic E-state index is 14.9. The van der Waals surface area contributed by atoms with Crippen molar-refractivity contribution in [2.75, 3.05) is 24.9 Å². The van der Waals surface area contributed by atoms with Gasteiger partial charge in [-0.3, -0.25) is 9.59 Å². The molecule has 0 saturated heterocycles. The number of benzene rings is 3. The number of nitrogens with zero attached hydrogens (tertiary/aromatic N) is 3. The molecule has 0 aliphatic heterocycles. The molecule has 2 atom stereocenters. The third-order valence-corrected chi connectivity index (χ3v) is 8.69. The molecule has 0 unspecified atom stereocenters. The van der Waals surface area contributed by atoms with E-state index in [0.717, 1.165) is 20.2 Å². The predicted molar refractivity (Wildman–Crippen MR) is 160 cm³/mol. The van der Waals surface area contributed by atoms with Crippen molar-refractivity contribution in [1.29, 1.82) is 0 Å². The van der Waals surface area contributed by atoms with Gasteiger partial charge >= 0.3 is 10.2 Å². The number of carbonyl (C=O) groups excluding carboxylic acids is 2. The van der Waals surface area contributed by atoms with Crippen LogP contribution in [0, 0.1) is 5.82 Å². The van der Waals surface area contributed by atoms with Gasteiger partial charge in [-0.15, -0.1) is 0 Å². The van der Waals surface area contributed by atoms with Crippen LogP contribution in [0.4, 0.5) is 10.1 Å². The normalized spacial score (nSPS) is 13.0. The zero-order valence-corrected chi connectivity index (χ0v) is 25.2. The molecule has 1 N–H and O–H groups in total. The molecule has 3 rings (SSSR count). The van der Waals surface area contributed by atoms with Crippen molar-refractivity contribution < 1.29 is 22.4 Å². The first-order valence-electron chi connectivity index (χ1n) is 13.3. The number of rotatable bonds is 13. The zero-order chi connectivity index (χ0) is 30.2. The lowest BCUT2D eigenvalue weighted by atomic mass is 10.0. The molecule has 0 radical (unpaired) electrons. The minimum absolute atomic E-state index is 0.0298. The van der Waals surface area contributed by atoms with E-state index in [4.69, 9.17) is 11.6 Å². The molecule has 0 bridgehead atoms. The van der Waals surface area contributed by atoms with Crippen molar-refractivity contribution in [3.63, 3.8) is 0 Å². The molecule has 220 valence electrons. The van der Waals surface area contributed by atoms with Crippen LogP contribution in [0.2, 0.25) is 5.02 Å². The fourth-order valence-corrected chi connectivity index (χ4v) is 5.46. The molecule has 0 aliphatic rings. The Balaban J connectivity index is 2.11. The third kappa shape index (κ3) is 8.51.